The van der Waals surface area contributed by atoms with E-state index >= 15 is 0 Å². The average molecular weight is 251 g/mol. The molecule has 0 saturated heterocycles. The van der Waals surface area contributed by atoms with Gasteiger partial charge in [0.1, 0.15) is 6.54 Å². The fraction of sp³-hybridized carbons (Fsp3) is 0.417. The first-order valence-electron chi connectivity index (χ1n) is 5.67. The zero-order valence-corrected chi connectivity index (χ0v) is 10.5. The number of hydrogen-bond donors (Lipinski definition) is 2. The summed E-state index contributed by atoms with van der Waals surface area (Å²) in [5, 5.41) is 11.4. The third-order valence-electron chi connectivity index (χ3n) is 2.34. The molecule has 0 aliphatic heterocycles. The van der Waals surface area contributed by atoms with Crippen LogP contribution < -0.4 is 5.32 Å². The van der Waals surface area contributed by atoms with Crippen molar-refractivity contribution in [3.63, 3.8) is 0 Å². The first kappa shape index (κ1) is 14.0. The molecule has 0 spiro atoms. The zero-order chi connectivity index (χ0) is 13.5. The summed E-state index contributed by atoms with van der Waals surface area (Å²) < 4.78 is 0. The van der Waals surface area contributed by atoms with Gasteiger partial charge in [-0.05, 0) is 26.0 Å². The molecule has 1 rings (SSSR count). The van der Waals surface area contributed by atoms with Gasteiger partial charge in [-0.3, -0.25) is 9.78 Å². The number of carboxylic acid groups (broad SMARTS) is 1. The van der Waals surface area contributed by atoms with Crippen molar-refractivity contribution in [1.82, 2.24) is 15.2 Å². The molecule has 1 heterocycles. The second-order valence-corrected chi connectivity index (χ2v) is 4.10. The van der Waals surface area contributed by atoms with Crippen LogP contribution in [0.5, 0.6) is 0 Å². The minimum atomic E-state index is -1.03. The van der Waals surface area contributed by atoms with Crippen molar-refractivity contribution in [2.45, 2.75) is 26.4 Å². The van der Waals surface area contributed by atoms with Crippen LogP contribution in [0, 0.1) is 0 Å². The van der Waals surface area contributed by atoms with Gasteiger partial charge in [-0.1, -0.05) is 6.07 Å². The molecule has 6 heteroatoms. The Morgan fingerprint density at radius 1 is 1.44 bits per heavy atom. The van der Waals surface area contributed by atoms with E-state index < -0.39 is 12.0 Å². The fourth-order valence-corrected chi connectivity index (χ4v) is 1.41. The highest BCUT2D eigenvalue weighted by Gasteiger charge is 2.19. The van der Waals surface area contributed by atoms with Crippen molar-refractivity contribution in [2.75, 3.05) is 6.54 Å². The minimum Gasteiger partial charge on any atom is -0.480 e. The fourth-order valence-electron chi connectivity index (χ4n) is 1.41. The number of rotatable bonds is 5. The first-order chi connectivity index (χ1) is 8.50. The van der Waals surface area contributed by atoms with Gasteiger partial charge >= 0.3 is 12.0 Å². The predicted molar refractivity (Wildman–Crippen MR) is 66.0 cm³/mol. The van der Waals surface area contributed by atoms with Crippen LogP contribution >= 0.6 is 0 Å². The van der Waals surface area contributed by atoms with Crippen LogP contribution in [-0.4, -0.2) is 39.6 Å². The molecular weight excluding hydrogens is 234 g/mol. The molecule has 0 aliphatic carbocycles. The van der Waals surface area contributed by atoms with Gasteiger partial charge in [0, 0.05) is 12.2 Å². The minimum absolute atomic E-state index is 0.176. The van der Waals surface area contributed by atoms with E-state index in [0.29, 0.717) is 0 Å². The lowest BCUT2D eigenvalue weighted by Gasteiger charge is -2.24. The number of nitrogens with one attached hydrogen (secondary N) is 1. The Balaban J connectivity index is 2.54. The second-order valence-electron chi connectivity index (χ2n) is 4.10. The number of aliphatic carboxylic acids is 1. The molecule has 0 aromatic carbocycles. The van der Waals surface area contributed by atoms with E-state index in [1.165, 1.54) is 4.90 Å². The Kier molecular flexibility index (Phi) is 5.10. The quantitative estimate of drug-likeness (QED) is 0.820. The number of aromatic nitrogens is 1. The Morgan fingerprint density at radius 3 is 2.67 bits per heavy atom. The van der Waals surface area contributed by atoms with Crippen molar-refractivity contribution in [3.8, 4) is 0 Å². The van der Waals surface area contributed by atoms with Crippen LogP contribution in [0.4, 0.5) is 4.79 Å². The van der Waals surface area contributed by atoms with E-state index in [0.717, 1.165) is 5.69 Å². The van der Waals surface area contributed by atoms with Gasteiger partial charge < -0.3 is 15.3 Å². The molecule has 0 bridgehead atoms. The molecule has 2 N–H and O–H groups in total. The van der Waals surface area contributed by atoms with E-state index in [-0.39, 0.29) is 19.1 Å². The normalized spacial score (nSPS) is 10.2. The van der Waals surface area contributed by atoms with Crippen molar-refractivity contribution >= 4 is 12.0 Å². The topological polar surface area (TPSA) is 82.5 Å². The third kappa shape index (κ3) is 4.40. The molecule has 0 radical (unpaired) electrons. The maximum atomic E-state index is 11.8. The Hall–Kier alpha value is -2.11. The summed E-state index contributed by atoms with van der Waals surface area (Å²) in [7, 11) is 0. The molecule has 0 fully saturated rings. The van der Waals surface area contributed by atoms with Crippen LogP contribution in [-0.2, 0) is 11.3 Å². The highest BCUT2D eigenvalue weighted by Crippen LogP contribution is 2.00. The summed E-state index contributed by atoms with van der Waals surface area (Å²) in [4.78, 5) is 27.8. The summed E-state index contributed by atoms with van der Waals surface area (Å²) in [6, 6.07) is 4.82. The summed E-state index contributed by atoms with van der Waals surface area (Å²) in [6.07, 6.45) is 1.64. The standard InChI is InChI=1S/C12H17N3O3/c1-9(2)15(8-11(16)17)12(18)14-7-10-5-3-4-6-13-10/h3-6,9H,7-8H2,1-2H3,(H,14,18)(H,16,17). The molecule has 6 nitrogen and oxygen atoms in total. The lowest BCUT2D eigenvalue weighted by molar-refractivity contribution is -0.138. The van der Waals surface area contributed by atoms with Crippen LogP contribution in [0.2, 0.25) is 0 Å². The SMILES string of the molecule is CC(C)N(CC(=O)O)C(=O)NCc1ccccn1. The number of pyridine rings is 1. The van der Waals surface area contributed by atoms with Crippen molar-refractivity contribution in [3.05, 3.63) is 30.1 Å². The lowest BCUT2D eigenvalue weighted by Crippen LogP contribution is -2.46. The van der Waals surface area contributed by atoms with Crippen LogP contribution in [0.15, 0.2) is 24.4 Å². The van der Waals surface area contributed by atoms with Crippen molar-refractivity contribution < 1.29 is 14.7 Å². The number of hydrogen-bond acceptors (Lipinski definition) is 3. The van der Waals surface area contributed by atoms with Gasteiger partial charge in [-0.2, -0.15) is 0 Å². The Morgan fingerprint density at radius 2 is 2.17 bits per heavy atom. The smallest absolute Gasteiger partial charge is 0.323 e. The molecular formula is C12H17N3O3. The number of nitrogens with zero attached hydrogens (tertiary/aromatic N) is 2. The number of carbonyl (C=O) groups excluding carboxylic acids is 1. The molecule has 0 atom stereocenters. The summed E-state index contributed by atoms with van der Waals surface area (Å²) >= 11 is 0. The number of carbonyl (C=O) groups is 2. The van der Waals surface area contributed by atoms with Gasteiger partial charge in [0.25, 0.3) is 0 Å². The summed E-state index contributed by atoms with van der Waals surface area (Å²) in [5.41, 5.74) is 0.727. The highest BCUT2D eigenvalue weighted by molar-refractivity contribution is 5.80. The van der Waals surface area contributed by atoms with Crippen molar-refractivity contribution in [1.29, 1.82) is 0 Å². The maximum absolute atomic E-state index is 11.8. The molecule has 98 valence electrons. The Bertz CT molecular complexity index is 406. The Labute approximate surface area is 106 Å². The van der Waals surface area contributed by atoms with E-state index in [9.17, 15) is 9.59 Å². The molecule has 2 amide bonds. The molecule has 1 aromatic rings. The van der Waals surface area contributed by atoms with E-state index in [2.05, 4.69) is 10.3 Å². The highest BCUT2D eigenvalue weighted by atomic mass is 16.4. The average Bonchev–Trinajstić information content (AvgIpc) is 2.34. The summed E-state index contributed by atoms with van der Waals surface area (Å²) in [6.45, 7) is 3.50. The van der Waals surface area contributed by atoms with Crippen LogP contribution in [0.1, 0.15) is 19.5 Å². The zero-order valence-electron chi connectivity index (χ0n) is 10.5. The van der Waals surface area contributed by atoms with Crippen LogP contribution in [0.3, 0.4) is 0 Å². The van der Waals surface area contributed by atoms with Gasteiger partial charge in [0.2, 0.25) is 0 Å². The van der Waals surface area contributed by atoms with E-state index in [1.54, 1.807) is 32.2 Å². The van der Waals surface area contributed by atoms with Gasteiger partial charge in [-0.15, -0.1) is 0 Å². The van der Waals surface area contributed by atoms with Gasteiger partial charge in [0.15, 0.2) is 0 Å². The number of urea groups is 1. The lowest BCUT2D eigenvalue weighted by atomic mass is 10.3. The number of amides is 2. The molecule has 1 aromatic heterocycles. The largest absolute Gasteiger partial charge is 0.480 e. The van der Waals surface area contributed by atoms with Gasteiger partial charge in [0.05, 0.1) is 12.2 Å². The van der Waals surface area contributed by atoms with Crippen LogP contribution in [0.25, 0.3) is 0 Å². The molecule has 0 saturated carbocycles. The second kappa shape index (κ2) is 6.58. The van der Waals surface area contributed by atoms with E-state index in [4.69, 9.17) is 5.11 Å². The molecule has 18 heavy (non-hydrogen) atoms. The predicted octanol–water partition coefficient (Wildman–Crippen LogP) is 1.09. The number of carboxylic acids is 1. The molecule has 0 aliphatic rings. The monoisotopic (exact) mass is 251 g/mol. The molecule has 0 unspecified atom stereocenters. The van der Waals surface area contributed by atoms with Gasteiger partial charge in [-0.25, -0.2) is 4.79 Å². The summed E-state index contributed by atoms with van der Waals surface area (Å²) in [5.74, 6) is -1.03. The third-order valence-corrected chi connectivity index (χ3v) is 2.34. The van der Waals surface area contributed by atoms with Crippen molar-refractivity contribution in [2.24, 2.45) is 0 Å². The van der Waals surface area contributed by atoms with E-state index in [1.807, 2.05) is 6.07 Å². The first-order valence-corrected chi connectivity index (χ1v) is 5.67. The maximum Gasteiger partial charge on any atom is 0.323 e.